The van der Waals surface area contributed by atoms with Crippen molar-refractivity contribution < 1.29 is 13.7 Å². The fourth-order valence-electron chi connectivity index (χ4n) is 3.07. The molecule has 2 fully saturated rings. The van der Waals surface area contributed by atoms with Crippen molar-refractivity contribution in [1.82, 2.24) is 0 Å². The zero-order valence-corrected chi connectivity index (χ0v) is 12.5. The Morgan fingerprint density at radius 1 is 1.30 bits per heavy atom. The third-order valence-electron chi connectivity index (χ3n) is 4.25. The van der Waals surface area contributed by atoms with Crippen LogP contribution in [0, 0.1) is 6.92 Å². The number of benzene rings is 1. The van der Waals surface area contributed by atoms with Crippen LogP contribution in [0.25, 0.3) is 0 Å². The van der Waals surface area contributed by atoms with Crippen LogP contribution in [0.3, 0.4) is 0 Å². The Morgan fingerprint density at radius 3 is 2.70 bits per heavy atom. The van der Waals surface area contributed by atoms with Crippen LogP contribution in [-0.2, 0) is 20.3 Å². The molecule has 3 unspecified atom stereocenters. The van der Waals surface area contributed by atoms with Crippen molar-refractivity contribution in [1.29, 1.82) is 0 Å². The number of rotatable bonds is 2. The van der Waals surface area contributed by atoms with Crippen LogP contribution < -0.4 is 5.73 Å². The normalized spacial score (nSPS) is 30.5. The van der Waals surface area contributed by atoms with Gasteiger partial charge in [-0.25, -0.2) is 0 Å². The summed E-state index contributed by atoms with van der Waals surface area (Å²) in [7, 11) is -1.12. The van der Waals surface area contributed by atoms with E-state index >= 15 is 0 Å². The average molecular weight is 295 g/mol. The predicted octanol–water partition coefficient (Wildman–Crippen LogP) is 1.73. The predicted molar refractivity (Wildman–Crippen MR) is 77.8 cm³/mol. The van der Waals surface area contributed by atoms with Gasteiger partial charge in [-0.3, -0.25) is 4.21 Å². The van der Waals surface area contributed by atoms with E-state index < -0.39 is 16.6 Å². The number of aryl methyl sites for hydroxylation is 1. The molecule has 1 heterocycles. The topological polar surface area (TPSA) is 61.6 Å². The summed E-state index contributed by atoms with van der Waals surface area (Å²) in [5.74, 6) is -0.543. The first kappa shape index (κ1) is 14.2. The van der Waals surface area contributed by atoms with Crippen LogP contribution in [-0.4, -0.2) is 34.5 Å². The summed E-state index contributed by atoms with van der Waals surface area (Å²) < 4.78 is 24.4. The van der Waals surface area contributed by atoms with Crippen molar-refractivity contribution in [3.8, 4) is 0 Å². The summed E-state index contributed by atoms with van der Waals surface area (Å²) in [6.45, 7) is 3.23. The zero-order valence-electron chi connectivity index (χ0n) is 11.7. The summed E-state index contributed by atoms with van der Waals surface area (Å²) in [4.78, 5) is 0.878. The van der Waals surface area contributed by atoms with Crippen molar-refractivity contribution in [3.63, 3.8) is 0 Å². The standard InChI is InChI=1S/C15H21NO3S/c1-11-4-2-3-5-13(11)20(17)14-10-15(7-6-12(14)16)18-8-9-19-15/h2-5,12,14H,6-10,16H2,1H3. The van der Waals surface area contributed by atoms with Crippen LogP contribution in [0.15, 0.2) is 29.2 Å². The van der Waals surface area contributed by atoms with Crippen molar-refractivity contribution in [2.24, 2.45) is 5.73 Å². The van der Waals surface area contributed by atoms with E-state index in [9.17, 15) is 4.21 Å². The van der Waals surface area contributed by atoms with E-state index in [1.54, 1.807) is 0 Å². The summed E-state index contributed by atoms with van der Waals surface area (Å²) in [5.41, 5.74) is 7.26. The lowest BCUT2D eigenvalue weighted by atomic mass is 9.90. The Bertz CT molecular complexity index is 514. The van der Waals surface area contributed by atoms with Gasteiger partial charge in [-0.15, -0.1) is 0 Å². The molecule has 0 radical (unpaired) electrons. The second kappa shape index (κ2) is 5.56. The summed E-state index contributed by atoms with van der Waals surface area (Å²) in [6.07, 6.45) is 2.22. The molecule has 3 atom stereocenters. The molecule has 1 aliphatic heterocycles. The minimum atomic E-state index is -1.12. The minimum absolute atomic E-state index is 0.0612. The Labute approximate surface area is 122 Å². The average Bonchev–Trinajstić information content (AvgIpc) is 2.90. The lowest BCUT2D eigenvalue weighted by Crippen LogP contribution is -2.50. The summed E-state index contributed by atoms with van der Waals surface area (Å²) >= 11 is 0. The highest BCUT2D eigenvalue weighted by Crippen LogP contribution is 2.38. The lowest BCUT2D eigenvalue weighted by Gasteiger charge is -2.39. The zero-order chi connectivity index (χ0) is 14.2. The molecule has 1 aromatic carbocycles. The van der Waals surface area contributed by atoms with Gasteiger partial charge in [0.1, 0.15) is 0 Å². The molecule has 1 aromatic rings. The molecule has 110 valence electrons. The number of hydrogen-bond donors (Lipinski definition) is 1. The lowest BCUT2D eigenvalue weighted by molar-refractivity contribution is -0.177. The van der Waals surface area contributed by atoms with Gasteiger partial charge in [0.25, 0.3) is 0 Å². The highest BCUT2D eigenvalue weighted by atomic mass is 32.2. The smallest absolute Gasteiger partial charge is 0.169 e. The fourth-order valence-corrected chi connectivity index (χ4v) is 4.85. The first-order chi connectivity index (χ1) is 9.61. The second-order valence-electron chi connectivity index (χ2n) is 5.62. The van der Waals surface area contributed by atoms with E-state index in [2.05, 4.69) is 0 Å². The molecular formula is C15H21NO3S. The van der Waals surface area contributed by atoms with Gasteiger partial charge in [0.15, 0.2) is 5.79 Å². The van der Waals surface area contributed by atoms with E-state index in [1.165, 1.54) is 0 Å². The molecule has 4 nitrogen and oxygen atoms in total. The van der Waals surface area contributed by atoms with Gasteiger partial charge in [0, 0.05) is 23.8 Å². The van der Waals surface area contributed by atoms with Crippen LogP contribution in [0.2, 0.25) is 0 Å². The van der Waals surface area contributed by atoms with Crippen molar-refractivity contribution in [3.05, 3.63) is 29.8 Å². The molecule has 5 heteroatoms. The SMILES string of the molecule is Cc1ccccc1S(=O)C1CC2(CCC1N)OCCO2. The Morgan fingerprint density at radius 2 is 2.00 bits per heavy atom. The van der Waals surface area contributed by atoms with Crippen LogP contribution in [0.4, 0.5) is 0 Å². The molecule has 2 aliphatic rings. The Balaban J connectivity index is 1.84. The van der Waals surface area contributed by atoms with Gasteiger partial charge in [0.05, 0.1) is 29.3 Å². The largest absolute Gasteiger partial charge is 0.347 e. The molecular weight excluding hydrogens is 274 g/mol. The maximum atomic E-state index is 12.9. The first-order valence-corrected chi connectivity index (χ1v) is 8.32. The van der Waals surface area contributed by atoms with Crippen molar-refractivity contribution in [2.75, 3.05) is 13.2 Å². The molecule has 1 saturated heterocycles. The fraction of sp³-hybridized carbons (Fsp3) is 0.600. The summed E-state index contributed by atoms with van der Waals surface area (Å²) in [5, 5.41) is -0.108. The third-order valence-corrected chi connectivity index (χ3v) is 6.20. The highest BCUT2D eigenvalue weighted by Gasteiger charge is 2.46. The highest BCUT2D eigenvalue weighted by molar-refractivity contribution is 7.85. The minimum Gasteiger partial charge on any atom is -0.347 e. The van der Waals surface area contributed by atoms with Crippen LogP contribution >= 0.6 is 0 Å². The third kappa shape index (κ3) is 2.55. The van der Waals surface area contributed by atoms with Gasteiger partial charge in [-0.05, 0) is 25.0 Å². The summed E-state index contributed by atoms with van der Waals surface area (Å²) in [6, 6.07) is 7.73. The number of hydrogen-bond acceptors (Lipinski definition) is 4. The van der Waals surface area contributed by atoms with E-state index in [1.807, 2.05) is 31.2 Å². The van der Waals surface area contributed by atoms with E-state index in [0.29, 0.717) is 19.6 Å². The van der Waals surface area contributed by atoms with Crippen molar-refractivity contribution in [2.45, 2.75) is 48.2 Å². The quantitative estimate of drug-likeness (QED) is 0.902. The number of nitrogens with two attached hydrogens (primary N) is 1. The molecule has 0 bridgehead atoms. The molecule has 0 aromatic heterocycles. The van der Waals surface area contributed by atoms with Gasteiger partial charge < -0.3 is 15.2 Å². The molecule has 1 aliphatic carbocycles. The van der Waals surface area contributed by atoms with Crippen LogP contribution in [0.1, 0.15) is 24.8 Å². The molecule has 1 spiro atoms. The molecule has 20 heavy (non-hydrogen) atoms. The molecule has 1 saturated carbocycles. The van der Waals surface area contributed by atoms with Crippen LogP contribution in [0.5, 0.6) is 0 Å². The Kier molecular flexibility index (Phi) is 3.95. The maximum Gasteiger partial charge on any atom is 0.169 e. The second-order valence-corrected chi connectivity index (χ2v) is 7.26. The monoisotopic (exact) mass is 295 g/mol. The maximum absolute atomic E-state index is 12.9. The van der Waals surface area contributed by atoms with Gasteiger partial charge in [0.2, 0.25) is 0 Å². The van der Waals surface area contributed by atoms with E-state index in [0.717, 1.165) is 23.3 Å². The van der Waals surface area contributed by atoms with Crippen molar-refractivity contribution >= 4 is 10.8 Å². The van der Waals surface area contributed by atoms with E-state index in [4.69, 9.17) is 15.2 Å². The number of ether oxygens (including phenoxy) is 2. The molecule has 3 rings (SSSR count). The van der Waals surface area contributed by atoms with E-state index in [-0.39, 0.29) is 11.3 Å². The molecule has 2 N–H and O–H groups in total. The van der Waals surface area contributed by atoms with Gasteiger partial charge in [-0.1, -0.05) is 18.2 Å². The molecule has 0 amide bonds. The van der Waals surface area contributed by atoms with Gasteiger partial charge >= 0.3 is 0 Å². The van der Waals surface area contributed by atoms with Gasteiger partial charge in [-0.2, -0.15) is 0 Å². The first-order valence-electron chi connectivity index (χ1n) is 7.11. The Hall–Kier alpha value is -0.750.